The quantitative estimate of drug-likeness (QED) is 0.854. The third kappa shape index (κ3) is 4.24. The van der Waals surface area contributed by atoms with Gasteiger partial charge in [0, 0.05) is 37.0 Å². The molecule has 1 saturated heterocycles. The Morgan fingerprint density at radius 3 is 2.67 bits per heavy atom. The topological polar surface area (TPSA) is 67.9 Å². The van der Waals surface area contributed by atoms with E-state index in [2.05, 4.69) is 5.32 Å². The zero-order valence-electron chi connectivity index (χ0n) is 15.3. The highest BCUT2D eigenvalue weighted by molar-refractivity contribution is 5.82. The molecule has 1 saturated carbocycles. The number of piperidine rings is 1. The molecule has 7 heteroatoms. The lowest BCUT2D eigenvalue weighted by atomic mass is 9.95. The molecule has 1 aliphatic carbocycles. The van der Waals surface area contributed by atoms with Crippen LogP contribution in [0.25, 0.3) is 0 Å². The van der Waals surface area contributed by atoms with Crippen molar-refractivity contribution in [2.24, 2.45) is 11.8 Å². The molecule has 1 aromatic carbocycles. The summed E-state index contributed by atoms with van der Waals surface area (Å²) in [7, 11) is 0. The molecule has 2 heterocycles. The van der Waals surface area contributed by atoms with Crippen LogP contribution in [0.15, 0.2) is 12.1 Å². The molecular weight excluding hydrogens is 351 g/mol. The molecule has 2 amide bonds. The summed E-state index contributed by atoms with van der Waals surface area (Å²) in [6, 6.07) is 2.88. The molecule has 0 aromatic heterocycles. The minimum Gasteiger partial charge on any atom is -0.467 e. The Morgan fingerprint density at radius 2 is 1.93 bits per heavy atom. The molecule has 2 fully saturated rings. The maximum absolute atomic E-state index is 13.8. The summed E-state index contributed by atoms with van der Waals surface area (Å²) >= 11 is 0. The Hall–Kier alpha value is -2.15. The van der Waals surface area contributed by atoms with Crippen LogP contribution in [-0.2, 0) is 27.4 Å². The highest BCUT2D eigenvalue weighted by Crippen LogP contribution is 2.32. The summed E-state index contributed by atoms with van der Waals surface area (Å²) in [5.41, 5.74) is 1.45. The zero-order chi connectivity index (χ0) is 18.8. The molecule has 0 spiro atoms. The van der Waals surface area contributed by atoms with Gasteiger partial charge in [0.05, 0.1) is 6.61 Å². The Labute approximate surface area is 158 Å². The number of ether oxygens (including phenoxy) is 2. The van der Waals surface area contributed by atoms with Crippen molar-refractivity contribution in [3.8, 4) is 5.75 Å². The van der Waals surface area contributed by atoms with Crippen molar-refractivity contribution < 1.29 is 23.5 Å². The third-order valence-corrected chi connectivity index (χ3v) is 5.55. The van der Waals surface area contributed by atoms with Crippen LogP contribution >= 0.6 is 0 Å². The van der Waals surface area contributed by atoms with E-state index in [-0.39, 0.29) is 36.3 Å². The summed E-state index contributed by atoms with van der Waals surface area (Å²) in [5.74, 6) is 0.803. The lowest BCUT2D eigenvalue weighted by Crippen LogP contribution is -2.43. The number of likely N-dealkylation sites (tertiary alicyclic amines) is 1. The van der Waals surface area contributed by atoms with Crippen LogP contribution < -0.4 is 10.1 Å². The van der Waals surface area contributed by atoms with Crippen molar-refractivity contribution in [2.75, 3.05) is 26.4 Å². The number of amides is 2. The first-order valence-corrected chi connectivity index (χ1v) is 9.70. The van der Waals surface area contributed by atoms with E-state index in [9.17, 15) is 14.0 Å². The van der Waals surface area contributed by atoms with Crippen molar-refractivity contribution in [1.82, 2.24) is 10.2 Å². The van der Waals surface area contributed by atoms with Crippen LogP contribution in [-0.4, -0.2) is 43.1 Å². The average molecular weight is 376 g/mol. The minimum absolute atomic E-state index is 0.0167. The lowest BCUT2D eigenvalue weighted by Gasteiger charge is -2.31. The fraction of sp³-hybridized carbons (Fsp3) is 0.600. The number of benzene rings is 1. The molecule has 0 bridgehead atoms. The molecule has 0 radical (unpaired) electrons. The first kappa shape index (κ1) is 18.2. The van der Waals surface area contributed by atoms with Crippen molar-refractivity contribution >= 4 is 11.8 Å². The summed E-state index contributed by atoms with van der Waals surface area (Å²) < 4.78 is 24.5. The van der Waals surface area contributed by atoms with Gasteiger partial charge in [-0.25, -0.2) is 4.39 Å². The van der Waals surface area contributed by atoms with Crippen molar-refractivity contribution in [1.29, 1.82) is 0 Å². The van der Waals surface area contributed by atoms with Crippen LogP contribution in [0, 0.1) is 17.7 Å². The number of hydrogen-bond acceptors (Lipinski definition) is 4. The third-order valence-electron chi connectivity index (χ3n) is 5.55. The number of fused-ring (bicyclic) bond motifs is 1. The molecule has 0 atom stereocenters. The van der Waals surface area contributed by atoms with Gasteiger partial charge in [0.15, 0.2) is 6.79 Å². The van der Waals surface area contributed by atoms with Gasteiger partial charge in [-0.2, -0.15) is 0 Å². The molecule has 2 aliphatic heterocycles. The molecule has 0 unspecified atom stereocenters. The monoisotopic (exact) mass is 376 g/mol. The van der Waals surface area contributed by atoms with Gasteiger partial charge in [-0.15, -0.1) is 0 Å². The number of carbonyl (C=O) groups excluding carboxylic acids is 2. The van der Waals surface area contributed by atoms with Crippen LogP contribution in [0.2, 0.25) is 0 Å². The maximum Gasteiger partial charge on any atom is 0.225 e. The number of hydrogen-bond donors (Lipinski definition) is 1. The van der Waals surface area contributed by atoms with Gasteiger partial charge in [-0.05, 0) is 49.8 Å². The van der Waals surface area contributed by atoms with Gasteiger partial charge in [0.2, 0.25) is 11.8 Å². The largest absolute Gasteiger partial charge is 0.467 e. The fourth-order valence-electron chi connectivity index (χ4n) is 3.86. The standard InChI is InChI=1S/C20H25FN2O4/c21-17-9-15(18-16(10-17)11-26-12-27-18)3-6-22-19(24)13-4-7-23(8-5-13)20(25)14-1-2-14/h9-10,13-14H,1-8,11-12H2,(H,22,24). The molecule has 6 nitrogen and oxygen atoms in total. The smallest absolute Gasteiger partial charge is 0.225 e. The fourth-order valence-corrected chi connectivity index (χ4v) is 3.86. The van der Waals surface area contributed by atoms with E-state index in [1.54, 1.807) is 0 Å². The Bertz CT molecular complexity index is 727. The SMILES string of the molecule is O=C(NCCc1cc(F)cc2c1OCOC2)C1CCN(C(=O)C2CC2)CC1. The van der Waals surface area contributed by atoms with Crippen LogP contribution in [0.1, 0.15) is 36.8 Å². The molecule has 4 rings (SSSR count). The number of nitrogens with zero attached hydrogens (tertiary/aromatic N) is 1. The van der Waals surface area contributed by atoms with Crippen molar-refractivity contribution in [3.63, 3.8) is 0 Å². The molecular formula is C20H25FN2O4. The van der Waals surface area contributed by atoms with E-state index >= 15 is 0 Å². The van der Waals surface area contributed by atoms with Gasteiger partial charge < -0.3 is 19.7 Å². The van der Waals surface area contributed by atoms with E-state index in [0.29, 0.717) is 56.8 Å². The van der Waals surface area contributed by atoms with Crippen molar-refractivity contribution in [3.05, 3.63) is 29.1 Å². The first-order valence-electron chi connectivity index (χ1n) is 9.70. The normalized spacial score (nSPS) is 20.0. The van der Waals surface area contributed by atoms with Gasteiger partial charge in [0.25, 0.3) is 0 Å². The van der Waals surface area contributed by atoms with Crippen LogP contribution in [0.4, 0.5) is 4.39 Å². The predicted molar refractivity (Wildman–Crippen MR) is 95.4 cm³/mol. The minimum atomic E-state index is -0.322. The van der Waals surface area contributed by atoms with Gasteiger partial charge in [0.1, 0.15) is 11.6 Å². The molecule has 3 aliphatic rings. The highest BCUT2D eigenvalue weighted by Gasteiger charge is 2.35. The Kier molecular flexibility index (Phi) is 5.29. The molecule has 1 aromatic rings. The maximum atomic E-state index is 13.8. The second-order valence-corrected chi connectivity index (χ2v) is 7.58. The Morgan fingerprint density at radius 1 is 1.15 bits per heavy atom. The number of rotatable bonds is 5. The summed E-state index contributed by atoms with van der Waals surface area (Å²) in [6.07, 6.45) is 3.95. The number of halogens is 1. The van der Waals surface area contributed by atoms with E-state index < -0.39 is 0 Å². The summed E-state index contributed by atoms with van der Waals surface area (Å²) in [6.45, 7) is 2.26. The van der Waals surface area contributed by atoms with E-state index in [4.69, 9.17) is 9.47 Å². The Balaban J connectivity index is 1.25. The van der Waals surface area contributed by atoms with E-state index in [1.807, 2.05) is 4.90 Å². The van der Waals surface area contributed by atoms with Gasteiger partial charge in [-0.3, -0.25) is 9.59 Å². The molecule has 146 valence electrons. The second-order valence-electron chi connectivity index (χ2n) is 7.58. The van der Waals surface area contributed by atoms with E-state index in [0.717, 1.165) is 18.4 Å². The van der Waals surface area contributed by atoms with Gasteiger partial charge >= 0.3 is 0 Å². The zero-order valence-corrected chi connectivity index (χ0v) is 15.3. The second kappa shape index (κ2) is 7.84. The van der Waals surface area contributed by atoms with Crippen molar-refractivity contribution in [2.45, 2.75) is 38.7 Å². The summed E-state index contributed by atoms with van der Waals surface area (Å²) in [5, 5.41) is 2.95. The van der Waals surface area contributed by atoms with Crippen LogP contribution in [0.3, 0.4) is 0 Å². The first-order chi connectivity index (χ1) is 13.1. The predicted octanol–water partition coefficient (Wildman–Crippen LogP) is 2.00. The lowest BCUT2D eigenvalue weighted by molar-refractivity contribution is -0.136. The average Bonchev–Trinajstić information content (AvgIpc) is 3.52. The van der Waals surface area contributed by atoms with Crippen LogP contribution in [0.5, 0.6) is 5.75 Å². The summed E-state index contributed by atoms with van der Waals surface area (Å²) in [4.78, 5) is 26.4. The highest BCUT2D eigenvalue weighted by atomic mass is 19.1. The van der Waals surface area contributed by atoms with E-state index in [1.165, 1.54) is 12.1 Å². The number of nitrogens with one attached hydrogen (secondary N) is 1. The van der Waals surface area contributed by atoms with Gasteiger partial charge in [-0.1, -0.05) is 0 Å². The molecule has 1 N–H and O–H groups in total. The number of carbonyl (C=O) groups is 2. The molecule has 27 heavy (non-hydrogen) atoms.